The summed E-state index contributed by atoms with van der Waals surface area (Å²) in [6, 6.07) is 8.47. The molecule has 0 amide bonds. The van der Waals surface area contributed by atoms with Crippen LogP contribution in [0.25, 0.3) is 0 Å². The fraction of sp³-hybridized carbons (Fsp3) is 0.588. The molecule has 1 aromatic carbocycles. The van der Waals surface area contributed by atoms with Crippen LogP contribution < -0.4 is 10.2 Å². The summed E-state index contributed by atoms with van der Waals surface area (Å²) >= 11 is 0. The van der Waals surface area contributed by atoms with E-state index >= 15 is 0 Å². The van der Waals surface area contributed by atoms with Crippen LogP contribution in [0.3, 0.4) is 0 Å². The molecule has 20 heavy (non-hydrogen) atoms. The highest BCUT2D eigenvalue weighted by atomic mass is 15.1. The minimum atomic E-state index is 0.0832. The summed E-state index contributed by atoms with van der Waals surface area (Å²) in [6.45, 7) is 12.5. The lowest BCUT2D eigenvalue weighted by Gasteiger charge is -2.24. The van der Waals surface area contributed by atoms with Crippen LogP contribution in [0, 0.1) is 17.2 Å². The molecule has 3 nitrogen and oxygen atoms in total. The second-order valence-electron chi connectivity index (χ2n) is 6.84. The third kappa shape index (κ3) is 5.22. The number of nitrogens with one attached hydrogen (secondary N) is 1. The molecule has 0 saturated carbocycles. The van der Waals surface area contributed by atoms with E-state index in [1.54, 1.807) is 0 Å². The molecule has 0 atom stereocenters. The number of nitriles is 1. The maximum Gasteiger partial charge on any atom is 0.101 e. The second kappa shape index (κ2) is 6.76. The van der Waals surface area contributed by atoms with E-state index in [2.05, 4.69) is 63.0 Å². The molecule has 0 saturated heterocycles. The van der Waals surface area contributed by atoms with Gasteiger partial charge >= 0.3 is 0 Å². The van der Waals surface area contributed by atoms with Crippen molar-refractivity contribution in [3.05, 3.63) is 29.3 Å². The molecule has 0 heterocycles. The van der Waals surface area contributed by atoms with Crippen molar-refractivity contribution >= 4 is 5.69 Å². The SMILES string of the molecule is CC(C)CN(C)c1ccc(CNC(C)(C)C)cc1C#N. The number of hydrogen-bond acceptors (Lipinski definition) is 3. The van der Waals surface area contributed by atoms with Gasteiger partial charge in [0, 0.05) is 25.7 Å². The summed E-state index contributed by atoms with van der Waals surface area (Å²) in [5, 5.41) is 12.8. The van der Waals surface area contributed by atoms with Crippen LogP contribution in [-0.2, 0) is 6.54 Å². The fourth-order valence-corrected chi connectivity index (χ4v) is 2.13. The molecule has 0 aliphatic heterocycles. The molecule has 0 radical (unpaired) electrons. The summed E-state index contributed by atoms with van der Waals surface area (Å²) in [7, 11) is 2.04. The van der Waals surface area contributed by atoms with Gasteiger partial charge in [-0.25, -0.2) is 0 Å². The van der Waals surface area contributed by atoms with Gasteiger partial charge in [-0.1, -0.05) is 19.9 Å². The smallest absolute Gasteiger partial charge is 0.101 e. The maximum atomic E-state index is 9.36. The van der Waals surface area contributed by atoms with Crippen molar-refractivity contribution in [1.29, 1.82) is 5.26 Å². The van der Waals surface area contributed by atoms with Gasteiger partial charge in [0.2, 0.25) is 0 Å². The Labute approximate surface area is 123 Å². The first-order chi connectivity index (χ1) is 9.23. The average Bonchev–Trinajstić information content (AvgIpc) is 2.34. The molecule has 0 spiro atoms. The zero-order chi connectivity index (χ0) is 15.3. The molecular formula is C17H27N3. The van der Waals surface area contributed by atoms with Crippen molar-refractivity contribution in [3.8, 4) is 6.07 Å². The van der Waals surface area contributed by atoms with Crippen LogP contribution >= 0.6 is 0 Å². The van der Waals surface area contributed by atoms with Crippen molar-refractivity contribution in [2.75, 3.05) is 18.5 Å². The summed E-state index contributed by atoms with van der Waals surface area (Å²) in [4.78, 5) is 2.16. The molecule has 1 N–H and O–H groups in total. The van der Waals surface area contributed by atoms with Crippen LogP contribution in [0.5, 0.6) is 0 Å². The highest BCUT2D eigenvalue weighted by molar-refractivity contribution is 5.60. The van der Waals surface area contributed by atoms with Crippen LogP contribution in [0.2, 0.25) is 0 Å². The van der Waals surface area contributed by atoms with Crippen molar-refractivity contribution in [1.82, 2.24) is 5.32 Å². The van der Waals surface area contributed by atoms with Crippen molar-refractivity contribution < 1.29 is 0 Å². The highest BCUT2D eigenvalue weighted by Crippen LogP contribution is 2.21. The molecule has 0 aliphatic carbocycles. The molecule has 0 unspecified atom stereocenters. The number of rotatable bonds is 5. The van der Waals surface area contributed by atoms with E-state index in [0.29, 0.717) is 5.92 Å². The molecule has 110 valence electrons. The van der Waals surface area contributed by atoms with Gasteiger partial charge in [-0.2, -0.15) is 5.26 Å². The van der Waals surface area contributed by atoms with E-state index in [9.17, 15) is 5.26 Å². The Balaban J connectivity index is 2.88. The summed E-state index contributed by atoms with van der Waals surface area (Å²) in [5.41, 5.74) is 3.00. The Kier molecular flexibility index (Phi) is 5.59. The van der Waals surface area contributed by atoms with Gasteiger partial charge in [0.05, 0.1) is 11.3 Å². The number of anilines is 1. The van der Waals surface area contributed by atoms with E-state index in [0.717, 1.165) is 29.9 Å². The van der Waals surface area contributed by atoms with Gasteiger partial charge in [-0.3, -0.25) is 0 Å². The Morgan fingerprint density at radius 2 is 1.95 bits per heavy atom. The first-order valence-electron chi connectivity index (χ1n) is 7.22. The molecule has 0 aromatic heterocycles. The van der Waals surface area contributed by atoms with Gasteiger partial charge < -0.3 is 10.2 Å². The van der Waals surface area contributed by atoms with Gasteiger partial charge in [-0.05, 0) is 44.4 Å². The minimum absolute atomic E-state index is 0.0832. The van der Waals surface area contributed by atoms with Crippen molar-refractivity contribution in [2.45, 2.75) is 46.7 Å². The largest absolute Gasteiger partial charge is 0.373 e. The van der Waals surface area contributed by atoms with Gasteiger partial charge in [0.1, 0.15) is 6.07 Å². The lowest BCUT2D eigenvalue weighted by atomic mass is 10.1. The molecule has 3 heteroatoms. The van der Waals surface area contributed by atoms with E-state index in [1.807, 2.05) is 13.1 Å². The Morgan fingerprint density at radius 1 is 1.30 bits per heavy atom. The zero-order valence-electron chi connectivity index (χ0n) is 13.6. The zero-order valence-corrected chi connectivity index (χ0v) is 13.6. The standard InChI is InChI=1S/C17H27N3/c1-13(2)12-20(6)16-8-7-14(9-15(16)10-18)11-19-17(3,4)5/h7-9,13,19H,11-12H2,1-6H3. The van der Waals surface area contributed by atoms with Crippen LogP contribution in [0.4, 0.5) is 5.69 Å². The van der Waals surface area contributed by atoms with Gasteiger partial charge in [0.25, 0.3) is 0 Å². The third-order valence-corrected chi connectivity index (χ3v) is 3.05. The monoisotopic (exact) mass is 273 g/mol. The van der Waals surface area contributed by atoms with Crippen LogP contribution in [0.1, 0.15) is 45.7 Å². The number of nitrogens with zero attached hydrogens (tertiary/aromatic N) is 2. The Morgan fingerprint density at radius 3 is 2.45 bits per heavy atom. The quantitative estimate of drug-likeness (QED) is 0.892. The highest BCUT2D eigenvalue weighted by Gasteiger charge is 2.12. The third-order valence-electron chi connectivity index (χ3n) is 3.05. The van der Waals surface area contributed by atoms with Crippen molar-refractivity contribution in [2.24, 2.45) is 5.92 Å². The number of hydrogen-bond donors (Lipinski definition) is 1. The molecule has 1 aromatic rings. The lowest BCUT2D eigenvalue weighted by molar-refractivity contribution is 0.424. The topological polar surface area (TPSA) is 39.1 Å². The van der Waals surface area contributed by atoms with Crippen LogP contribution in [0.15, 0.2) is 18.2 Å². The maximum absolute atomic E-state index is 9.36. The normalized spacial score (nSPS) is 11.5. The lowest BCUT2D eigenvalue weighted by Crippen LogP contribution is -2.35. The summed E-state index contributed by atoms with van der Waals surface area (Å²) in [6.07, 6.45) is 0. The Hall–Kier alpha value is -1.53. The van der Waals surface area contributed by atoms with Gasteiger partial charge in [0.15, 0.2) is 0 Å². The van der Waals surface area contributed by atoms with E-state index in [4.69, 9.17) is 0 Å². The van der Waals surface area contributed by atoms with Gasteiger partial charge in [-0.15, -0.1) is 0 Å². The van der Waals surface area contributed by atoms with E-state index in [1.165, 1.54) is 0 Å². The first kappa shape index (κ1) is 16.5. The minimum Gasteiger partial charge on any atom is -0.373 e. The van der Waals surface area contributed by atoms with Crippen LogP contribution in [-0.4, -0.2) is 19.1 Å². The first-order valence-corrected chi connectivity index (χ1v) is 7.22. The molecule has 0 fully saturated rings. The molecule has 0 aliphatic rings. The Bertz CT molecular complexity index is 478. The van der Waals surface area contributed by atoms with E-state index in [-0.39, 0.29) is 5.54 Å². The molecule has 1 rings (SSSR count). The number of benzene rings is 1. The predicted octanol–water partition coefficient (Wildman–Crippen LogP) is 3.54. The second-order valence-corrected chi connectivity index (χ2v) is 6.84. The predicted molar refractivity (Wildman–Crippen MR) is 85.9 cm³/mol. The fourth-order valence-electron chi connectivity index (χ4n) is 2.13. The summed E-state index contributed by atoms with van der Waals surface area (Å²) < 4.78 is 0. The summed E-state index contributed by atoms with van der Waals surface area (Å²) in [5.74, 6) is 0.578. The van der Waals surface area contributed by atoms with Crippen molar-refractivity contribution in [3.63, 3.8) is 0 Å². The average molecular weight is 273 g/mol. The molecular weight excluding hydrogens is 246 g/mol. The molecule has 0 bridgehead atoms. The van der Waals surface area contributed by atoms with E-state index < -0.39 is 0 Å².